The molecule has 0 spiro atoms. The zero-order chi connectivity index (χ0) is 16.1. The lowest BCUT2D eigenvalue weighted by Crippen LogP contribution is -2.23. The number of oxime groups is 1. The molecule has 5 nitrogen and oxygen atoms in total. The van der Waals surface area contributed by atoms with Crippen LogP contribution < -0.4 is 4.74 Å². The van der Waals surface area contributed by atoms with Gasteiger partial charge in [0.15, 0.2) is 0 Å². The summed E-state index contributed by atoms with van der Waals surface area (Å²) in [5.74, 6) is 1.14. The van der Waals surface area contributed by atoms with Crippen LogP contribution in [0.3, 0.4) is 0 Å². The van der Waals surface area contributed by atoms with Gasteiger partial charge in [-0.2, -0.15) is 0 Å². The Bertz CT molecular complexity index is 695. The molecule has 1 aliphatic rings. The Balaban J connectivity index is 1.63. The van der Waals surface area contributed by atoms with E-state index in [9.17, 15) is 4.79 Å². The quantitative estimate of drug-likeness (QED) is 0.793. The Labute approximate surface area is 134 Å². The van der Waals surface area contributed by atoms with Crippen molar-refractivity contribution in [2.45, 2.75) is 19.4 Å². The highest BCUT2D eigenvalue weighted by atomic mass is 16.7. The van der Waals surface area contributed by atoms with Gasteiger partial charge in [0.1, 0.15) is 11.5 Å². The average molecular weight is 311 g/mol. The maximum absolute atomic E-state index is 11.6. The molecule has 0 saturated heterocycles. The summed E-state index contributed by atoms with van der Waals surface area (Å²) >= 11 is 0. The van der Waals surface area contributed by atoms with Crippen LogP contribution in [-0.4, -0.2) is 24.4 Å². The topological polar surface area (TPSA) is 57.1 Å². The van der Waals surface area contributed by atoms with E-state index in [1.54, 1.807) is 6.92 Å². The van der Waals surface area contributed by atoms with Gasteiger partial charge >= 0.3 is 5.97 Å². The van der Waals surface area contributed by atoms with Crippen LogP contribution in [0.5, 0.6) is 11.5 Å². The van der Waals surface area contributed by atoms with Crippen molar-refractivity contribution in [2.75, 3.05) is 6.61 Å². The Morgan fingerprint density at radius 1 is 1.13 bits per heavy atom. The summed E-state index contributed by atoms with van der Waals surface area (Å²) in [5, 5.41) is 3.98. The molecule has 1 atom stereocenters. The molecule has 23 heavy (non-hydrogen) atoms. The number of carbonyl (C=O) groups is 1. The molecule has 2 aromatic rings. The largest absolute Gasteiger partial charge is 0.463 e. The van der Waals surface area contributed by atoms with Crippen molar-refractivity contribution in [1.82, 2.24) is 0 Å². The Morgan fingerprint density at radius 2 is 1.83 bits per heavy atom. The lowest BCUT2D eigenvalue weighted by Gasteiger charge is -2.07. The molecule has 0 saturated carbocycles. The van der Waals surface area contributed by atoms with Crippen LogP contribution in [0.25, 0.3) is 0 Å². The Hall–Kier alpha value is -2.82. The standard InChI is InChI=1S/C18H17NO4/c1-2-21-18(20)17-12-16(19-23-17)13-8-10-15(11-9-13)22-14-6-4-3-5-7-14/h3-11,17H,2,12H2,1H3. The van der Waals surface area contributed by atoms with E-state index in [1.807, 2.05) is 54.6 Å². The van der Waals surface area contributed by atoms with E-state index >= 15 is 0 Å². The number of benzene rings is 2. The molecular formula is C18H17NO4. The molecule has 0 fully saturated rings. The monoisotopic (exact) mass is 311 g/mol. The molecule has 1 heterocycles. The molecular weight excluding hydrogens is 294 g/mol. The van der Waals surface area contributed by atoms with E-state index in [0.29, 0.717) is 13.0 Å². The van der Waals surface area contributed by atoms with Gasteiger partial charge in [-0.05, 0) is 48.9 Å². The maximum Gasteiger partial charge on any atom is 0.350 e. The van der Waals surface area contributed by atoms with Gasteiger partial charge in [0.2, 0.25) is 6.10 Å². The second-order valence-electron chi connectivity index (χ2n) is 5.03. The fourth-order valence-corrected chi connectivity index (χ4v) is 2.25. The first-order valence-corrected chi connectivity index (χ1v) is 7.49. The number of esters is 1. The van der Waals surface area contributed by atoms with Gasteiger partial charge in [-0.3, -0.25) is 0 Å². The van der Waals surface area contributed by atoms with Crippen LogP contribution in [0.2, 0.25) is 0 Å². The molecule has 3 rings (SSSR count). The molecule has 2 aromatic carbocycles. The molecule has 0 aliphatic carbocycles. The van der Waals surface area contributed by atoms with Crippen LogP contribution >= 0.6 is 0 Å². The van der Waals surface area contributed by atoms with Gasteiger partial charge < -0.3 is 14.3 Å². The van der Waals surface area contributed by atoms with Crippen LogP contribution in [0.1, 0.15) is 18.9 Å². The molecule has 0 bridgehead atoms. The molecule has 0 aromatic heterocycles. The molecule has 118 valence electrons. The average Bonchev–Trinajstić information content (AvgIpc) is 3.07. The highest BCUT2D eigenvalue weighted by molar-refractivity contribution is 6.03. The zero-order valence-electron chi connectivity index (χ0n) is 12.8. The summed E-state index contributed by atoms with van der Waals surface area (Å²) in [6.07, 6.45) is -0.234. The third-order valence-electron chi connectivity index (χ3n) is 3.38. The highest BCUT2D eigenvalue weighted by Crippen LogP contribution is 2.23. The molecule has 1 unspecified atom stereocenters. The van der Waals surface area contributed by atoms with E-state index in [4.69, 9.17) is 14.3 Å². The van der Waals surface area contributed by atoms with Gasteiger partial charge in [-0.15, -0.1) is 0 Å². The minimum absolute atomic E-state index is 0.333. The molecule has 0 amide bonds. The highest BCUT2D eigenvalue weighted by Gasteiger charge is 2.29. The van der Waals surface area contributed by atoms with Crippen molar-refractivity contribution in [3.8, 4) is 11.5 Å². The van der Waals surface area contributed by atoms with Crippen LogP contribution in [0.4, 0.5) is 0 Å². The van der Waals surface area contributed by atoms with E-state index in [-0.39, 0.29) is 5.97 Å². The second kappa shape index (κ2) is 6.96. The first-order valence-electron chi connectivity index (χ1n) is 7.49. The van der Waals surface area contributed by atoms with Gasteiger partial charge in [0, 0.05) is 6.42 Å². The number of carbonyl (C=O) groups excluding carboxylic acids is 1. The molecule has 5 heteroatoms. The number of hydrogen-bond donors (Lipinski definition) is 0. The summed E-state index contributed by atoms with van der Waals surface area (Å²) in [6.45, 7) is 2.10. The first-order chi connectivity index (χ1) is 11.3. The predicted molar refractivity (Wildman–Crippen MR) is 85.6 cm³/mol. The normalized spacial score (nSPS) is 16.4. The summed E-state index contributed by atoms with van der Waals surface area (Å²) in [4.78, 5) is 16.8. The van der Waals surface area contributed by atoms with E-state index in [0.717, 1.165) is 22.8 Å². The van der Waals surface area contributed by atoms with Crippen LogP contribution in [-0.2, 0) is 14.4 Å². The van der Waals surface area contributed by atoms with Crippen molar-refractivity contribution < 1.29 is 19.1 Å². The molecule has 1 aliphatic heterocycles. The fourth-order valence-electron chi connectivity index (χ4n) is 2.25. The van der Waals surface area contributed by atoms with Crippen molar-refractivity contribution >= 4 is 11.7 Å². The Kier molecular flexibility index (Phi) is 4.57. The number of ether oxygens (including phenoxy) is 2. The third-order valence-corrected chi connectivity index (χ3v) is 3.38. The van der Waals surface area contributed by atoms with Crippen molar-refractivity contribution in [3.63, 3.8) is 0 Å². The van der Waals surface area contributed by atoms with E-state index in [1.165, 1.54) is 0 Å². The minimum Gasteiger partial charge on any atom is -0.463 e. The minimum atomic E-state index is -0.648. The summed E-state index contributed by atoms with van der Waals surface area (Å²) in [6, 6.07) is 17.1. The van der Waals surface area contributed by atoms with Crippen LogP contribution in [0, 0.1) is 0 Å². The number of hydrogen-bond acceptors (Lipinski definition) is 5. The summed E-state index contributed by atoms with van der Waals surface area (Å²) in [5.41, 5.74) is 1.63. The number of rotatable bonds is 5. The van der Waals surface area contributed by atoms with Crippen LogP contribution in [0.15, 0.2) is 59.8 Å². The summed E-state index contributed by atoms with van der Waals surface area (Å²) < 4.78 is 10.7. The van der Waals surface area contributed by atoms with Gasteiger partial charge in [-0.1, -0.05) is 23.4 Å². The van der Waals surface area contributed by atoms with Gasteiger partial charge in [0.05, 0.1) is 12.3 Å². The van der Waals surface area contributed by atoms with Crippen molar-refractivity contribution in [3.05, 3.63) is 60.2 Å². The number of nitrogens with zero attached hydrogens (tertiary/aromatic N) is 1. The summed E-state index contributed by atoms with van der Waals surface area (Å²) in [7, 11) is 0. The lowest BCUT2D eigenvalue weighted by molar-refractivity contribution is -0.154. The van der Waals surface area contributed by atoms with Crippen molar-refractivity contribution in [1.29, 1.82) is 0 Å². The van der Waals surface area contributed by atoms with E-state index in [2.05, 4.69) is 5.16 Å². The third kappa shape index (κ3) is 3.69. The maximum atomic E-state index is 11.6. The zero-order valence-corrected chi connectivity index (χ0v) is 12.8. The van der Waals surface area contributed by atoms with E-state index < -0.39 is 6.10 Å². The lowest BCUT2D eigenvalue weighted by atomic mass is 10.1. The van der Waals surface area contributed by atoms with Crippen molar-refractivity contribution in [2.24, 2.45) is 5.16 Å². The smallest absolute Gasteiger partial charge is 0.350 e. The molecule has 0 N–H and O–H groups in total. The number of para-hydroxylation sites is 1. The predicted octanol–water partition coefficient (Wildman–Crippen LogP) is 3.54. The SMILES string of the molecule is CCOC(=O)C1CC(c2ccc(Oc3ccccc3)cc2)=NO1. The molecule has 0 radical (unpaired) electrons. The van der Waals surface area contributed by atoms with Gasteiger partial charge in [-0.25, -0.2) is 4.79 Å². The van der Waals surface area contributed by atoms with Gasteiger partial charge in [0.25, 0.3) is 0 Å². The second-order valence-corrected chi connectivity index (χ2v) is 5.03. The Morgan fingerprint density at radius 3 is 2.52 bits per heavy atom. The first kappa shape index (κ1) is 15.1. The fraction of sp³-hybridized carbons (Fsp3) is 0.222.